The summed E-state index contributed by atoms with van der Waals surface area (Å²) in [6.45, 7) is 7.19. The molecule has 5 rings (SSSR count). The number of rotatable bonds is 7. The summed E-state index contributed by atoms with van der Waals surface area (Å²) in [5.41, 5.74) is 1.46. The molecule has 1 saturated heterocycles. The third kappa shape index (κ3) is 6.83. The van der Waals surface area contributed by atoms with Gasteiger partial charge in [0.05, 0.1) is 5.56 Å². The number of amides is 1. The van der Waals surface area contributed by atoms with E-state index in [9.17, 15) is 14.4 Å². The molecular weight excluding hydrogens is 554 g/mol. The maximum atomic E-state index is 14.2. The summed E-state index contributed by atoms with van der Waals surface area (Å²) in [5.74, 6) is -0.986. The molecule has 0 aromatic heterocycles. The lowest BCUT2D eigenvalue weighted by Crippen LogP contribution is -2.63. The van der Waals surface area contributed by atoms with Gasteiger partial charge >= 0.3 is 18.0 Å². The lowest BCUT2D eigenvalue weighted by atomic mass is 9.83. The molecule has 0 unspecified atom stereocenters. The van der Waals surface area contributed by atoms with Gasteiger partial charge in [-0.3, -0.25) is 4.90 Å². The van der Waals surface area contributed by atoms with Crippen LogP contribution in [0.25, 0.3) is 0 Å². The predicted octanol–water partition coefficient (Wildman–Crippen LogP) is 7.62. The van der Waals surface area contributed by atoms with E-state index in [0.717, 1.165) is 22.3 Å². The van der Waals surface area contributed by atoms with Crippen molar-refractivity contribution >= 4 is 18.0 Å². The highest BCUT2D eigenvalue weighted by Gasteiger charge is 2.56. The van der Waals surface area contributed by atoms with Gasteiger partial charge in [-0.05, 0) is 62.1 Å². The van der Waals surface area contributed by atoms with Crippen molar-refractivity contribution in [2.75, 3.05) is 0 Å². The minimum absolute atomic E-state index is 0.0450. The molecule has 0 N–H and O–H groups in total. The number of carbonyl (C=O) groups excluding carboxylic acids is 3. The smallest absolute Gasteiger partial charge is 0.411 e. The summed E-state index contributed by atoms with van der Waals surface area (Å²) in [7, 11) is 0. The summed E-state index contributed by atoms with van der Waals surface area (Å²) in [6.07, 6.45) is -1.27. The van der Waals surface area contributed by atoms with Crippen LogP contribution in [0.3, 0.4) is 0 Å². The largest absolute Gasteiger partial charge is 0.456 e. The Morgan fingerprint density at radius 1 is 0.773 bits per heavy atom. The van der Waals surface area contributed by atoms with E-state index >= 15 is 0 Å². The van der Waals surface area contributed by atoms with Gasteiger partial charge in [0.15, 0.2) is 6.10 Å². The number of benzene rings is 4. The van der Waals surface area contributed by atoms with Crippen molar-refractivity contribution < 1.29 is 28.6 Å². The van der Waals surface area contributed by atoms with Crippen LogP contribution >= 0.6 is 0 Å². The quantitative estimate of drug-likeness (QED) is 0.162. The van der Waals surface area contributed by atoms with Crippen molar-refractivity contribution in [3.05, 3.63) is 143 Å². The molecule has 7 nitrogen and oxygen atoms in total. The van der Waals surface area contributed by atoms with Crippen LogP contribution in [0.4, 0.5) is 4.79 Å². The van der Waals surface area contributed by atoms with Crippen LogP contribution in [0.5, 0.6) is 0 Å². The Labute approximate surface area is 258 Å². The Hall–Kier alpha value is -4.91. The first-order valence-corrected chi connectivity index (χ1v) is 14.7. The van der Waals surface area contributed by atoms with Gasteiger partial charge in [-0.15, -0.1) is 0 Å². The molecule has 1 amide bonds. The SMILES string of the molecule is CC(C)(C)OC(=O)c1ccc(C[C@@]2(C)C(=O)O[C@H](c3ccccc3)[C@H](c3ccccc3)N2C(=O)OCc2ccccc2)cc1. The molecule has 0 spiro atoms. The van der Waals surface area contributed by atoms with Crippen LogP contribution in [0.15, 0.2) is 115 Å². The molecule has 7 heteroatoms. The maximum absolute atomic E-state index is 14.2. The number of hydrogen-bond donors (Lipinski definition) is 0. The fourth-order valence-corrected chi connectivity index (χ4v) is 5.47. The van der Waals surface area contributed by atoms with E-state index in [1.165, 1.54) is 4.90 Å². The molecule has 1 heterocycles. The van der Waals surface area contributed by atoms with Gasteiger partial charge in [-0.2, -0.15) is 0 Å². The van der Waals surface area contributed by atoms with E-state index in [1.807, 2.05) is 112 Å². The van der Waals surface area contributed by atoms with E-state index in [4.69, 9.17) is 14.2 Å². The highest BCUT2D eigenvalue weighted by atomic mass is 16.6. The summed E-state index contributed by atoms with van der Waals surface area (Å²) >= 11 is 0. The number of ether oxygens (including phenoxy) is 3. The number of cyclic esters (lactones) is 1. The monoisotopic (exact) mass is 591 g/mol. The van der Waals surface area contributed by atoms with Crippen molar-refractivity contribution in [2.45, 2.75) is 64.0 Å². The molecular formula is C37H37NO6. The van der Waals surface area contributed by atoms with E-state index in [2.05, 4.69) is 0 Å². The van der Waals surface area contributed by atoms with E-state index in [1.54, 1.807) is 31.2 Å². The molecule has 4 aromatic carbocycles. The normalized spacial score (nSPS) is 20.0. The highest BCUT2D eigenvalue weighted by Crippen LogP contribution is 2.47. The molecule has 44 heavy (non-hydrogen) atoms. The number of morpholine rings is 1. The zero-order valence-corrected chi connectivity index (χ0v) is 25.4. The molecule has 1 aliphatic rings. The highest BCUT2D eigenvalue weighted by molar-refractivity contribution is 5.90. The Morgan fingerprint density at radius 2 is 1.32 bits per heavy atom. The first-order chi connectivity index (χ1) is 21.0. The van der Waals surface area contributed by atoms with Crippen LogP contribution in [0, 0.1) is 0 Å². The van der Waals surface area contributed by atoms with Gasteiger partial charge in [0.1, 0.15) is 23.8 Å². The van der Waals surface area contributed by atoms with Crippen LogP contribution < -0.4 is 0 Å². The van der Waals surface area contributed by atoms with Gasteiger partial charge in [0, 0.05) is 6.42 Å². The number of carbonyl (C=O) groups is 3. The Bertz CT molecular complexity index is 1580. The summed E-state index contributed by atoms with van der Waals surface area (Å²) in [6, 6.07) is 34.6. The van der Waals surface area contributed by atoms with Crippen molar-refractivity contribution in [3.63, 3.8) is 0 Å². The standard InChI is InChI=1S/C37H37NO6/c1-36(2,3)44-33(39)30-22-20-26(21-23-30)24-37(4)34(40)43-32(29-18-12-7-13-19-29)31(28-16-10-6-11-17-28)38(37)35(41)42-25-27-14-8-5-9-15-27/h5-23,31-32H,24-25H2,1-4H3/t31-,32+,37-/m0/s1. The van der Waals surface area contributed by atoms with E-state index < -0.39 is 41.3 Å². The first kappa shape index (κ1) is 30.5. The average molecular weight is 592 g/mol. The molecule has 3 atom stereocenters. The zero-order valence-electron chi connectivity index (χ0n) is 25.4. The molecule has 0 aliphatic carbocycles. The average Bonchev–Trinajstić information content (AvgIpc) is 3.02. The van der Waals surface area contributed by atoms with Crippen molar-refractivity contribution in [3.8, 4) is 0 Å². The van der Waals surface area contributed by atoms with E-state index in [0.29, 0.717) is 5.56 Å². The van der Waals surface area contributed by atoms with Gasteiger partial charge in [-0.1, -0.05) is 103 Å². The van der Waals surface area contributed by atoms with Crippen LogP contribution in [0.1, 0.15) is 72.5 Å². The number of esters is 2. The van der Waals surface area contributed by atoms with Crippen molar-refractivity contribution in [1.82, 2.24) is 4.90 Å². The molecule has 226 valence electrons. The molecule has 0 bridgehead atoms. The molecule has 4 aromatic rings. The summed E-state index contributed by atoms with van der Waals surface area (Å²) in [4.78, 5) is 42.4. The second-order valence-corrected chi connectivity index (χ2v) is 12.2. The number of hydrogen-bond acceptors (Lipinski definition) is 6. The molecule has 1 fully saturated rings. The fraction of sp³-hybridized carbons (Fsp3) is 0.270. The van der Waals surface area contributed by atoms with Crippen molar-refractivity contribution in [2.24, 2.45) is 0 Å². The van der Waals surface area contributed by atoms with E-state index in [-0.39, 0.29) is 13.0 Å². The number of nitrogens with zero attached hydrogens (tertiary/aromatic N) is 1. The lowest BCUT2D eigenvalue weighted by Gasteiger charge is -2.50. The topological polar surface area (TPSA) is 82.1 Å². The zero-order chi connectivity index (χ0) is 31.3. The Balaban J connectivity index is 1.54. The third-order valence-electron chi connectivity index (χ3n) is 7.58. The van der Waals surface area contributed by atoms with Gasteiger partial charge < -0.3 is 14.2 Å². The van der Waals surface area contributed by atoms with Crippen molar-refractivity contribution in [1.29, 1.82) is 0 Å². The minimum Gasteiger partial charge on any atom is -0.456 e. The molecule has 1 aliphatic heterocycles. The van der Waals surface area contributed by atoms with Crippen LogP contribution in [0.2, 0.25) is 0 Å². The molecule has 0 saturated carbocycles. The summed E-state index contributed by atoms with van der Waals surface area (Å²) in [5, 5.41) is 0. The Kier molecular flexibility index (Phi) is 8.86. The van der Waals surface area contributed by atoms with Crippen LogP contribution in [-0.2, 0) is 32.0 Å². The van der Waals surface area contributed by atoms with Crippen LogP contribution in [-0.4, -0.2) is 34.1 Å². The first-order valence-electron chi connectivity index (χ1n) is 14.7. The lowest BCUT2D eigenvalue weighted by molar-refractivity contribution is -0.185. The molecule has 0 radical (unpaired) electrons. The van der Waals surface area contributed by atoms with Gasteiger partial charge in [0.25, 0.3) is 0 Å². The summed E-state index contributed by atoms with van der Waals surface area (Å²) < 4.78 is 17.6. The van der Waals surface area contributed by atoms with Gasteiger partial charge in [0.2, 0.25) is 0 Å². The second kappa shape index (κ2) is 12.8. The van der Waals surface area contributed by atoms with Gasteiger partial charge in [-0.25, -0.2) is 14.4 Å². The predicted molar refractivity (Wildman–Crippen MR) is 167 cm³/mol. The Morgan fingerprint density at radius 3 is 1.89 bits per heavy atom. The fourth-order valence-electron chi connectivity index (χ4n) is 5.47. The minimum atomic E-state index is -1.44. The second-order valence-electron chi connectivity index (χ2n) is 12.2. The maximum Gasteiger partial charge on any atom is 0.411 e. The third-order valence-corrected chi connectivity index (χ3v) is 7.58.